The zero-order valence-corrected chi connectivity index (χ0v) is 16.9. The Bertz CT molecular complexity index is 993. The topological polar surface area (TPSA) is 50.1 Å². The van der Waals surface area contributed by atoms with Gasteiger partial charge in [-0.25, -0.2) is 4.98 Å². The number of halogens is 1. The summed E-state index contributed by atoms with van der Waals surface area (Å²) in [5, 5.41) is 0. The summed E-state index contributed by atoms with van der Waals surface area (Å²) in [5.41, 5.74) is 3.25. The van der Waals surface area contributed by atoms with Crippen LogP contribution in [0.4, 0.5) is 5.69 Å². The molecule has 0 spiro atoms. The summed E-state index contributed by atoms with van der Waals surface area (Å²) in [6.45, 7) is 4.76. The van der Waals surface area contributed by atoms with Crippen LogP contribution >= 0.6 is 15.9 Å². The largest absolute Gasteiger partial charge is 0.495 e. The number of aromatic nitrogens is 2. The molecule has 1 aliphatic rings. The van der Waals surface area contributed by atoms with E-state index in [1.165, 1.54) is 0 Å². The van der Waals surface area contributed by atoms with Crippen LogP contribution in [0.1, 0.15) is 16.2 Å². The number of nitrogens with zero attached hydrogens (tertiary/aromatic N) is 4. The molecule has 7 heteroatoms. The third-order valence-corrected chi connectivity index (χ3v) is 5.42. The van der Waals surface area contributed by atoms with Crippen molar-refractivity contribution in [1.82, 2.24) is 14.3 Å². The third kappa shape index (κ3) is 3.27. The smallest absolute Gasteiger partial charge is 0.272 e. The van der Waals surface area contributed by atoms with Crippen molar-refractivity contribution in [2.75, 3.05) is 38.2 Å². The molecule has 0 aliphatic carbocycles. The van der Waals surface area contributed by atoms with E-state index < -0.39 is 0 Å². The van der Waals surface area contributed by atoms with Gasteiger partial charge in [-0.2, -0.15) is 0 Å². The molecular weight excluding hydrogens is 408 g/mol. The molecule has 1 aliphatic heterocycles. The van der Waals surface area contributed by atoms with Crippen molar-refractivity contribution in [1.29, 1.82) is 0 Å². The Labute approximate surface area is 166 Å². The predicted molar refractivity (Wildman–Crippen MR) is 109 cm³/mol. The number of piperazine rings is 1. The second-order valence-electron chi connectivity index (χ2n) is 6.57. The molecular formula is C20H21BrN4O2. The Morgan fingerprint density at radius 2 is 1.85 bits per heavy atom. The summed E-state index contributed by atoms with van der Waals surface area (Å²) in [5.74, 6) is 0.887. The molecule has 27 heavy (non-hydrogen) atoms. The molecule has 1 fully saturated rings. The highest BCUT2D eigenvalue weighted by Gasteiger charge is 2.27. The molecule has 0 atom stereocenters. The predicted octanol–water partition coefficient (Wildman–Crippen LogP) is 3.38. The fourth-order valence-electron chi connectivity index (χ4n) is 3.59. The van der Waals surface area contributed by atoms with E-state index >= 15 is 0 Å². The summed E-state index contributed by atoms with van der Waals surface area (Å²) in [7, 11) is 1.68. The van der Waals surface area contributed by atoms with E-state index in [-0.39, 0.29) is 5.91 Å². The van der Waals surface area contributed by atoms with Crippen LogP contribution in [0.25, 0.3) is 5.65 Å². The molecule has 140 valence electrons. The van der Waals surface area contributed by atoms with Crippen LogP contribution in [0.5, 0.6) is 5.75 Å². The van der Waals surface area contributed by atoms with Gasteiger partial charge in [0.25, 0.3) is 5.91 Å². The van der Waals surface area contributed by atoms with Gasteiger partial charge in [-0.1, -0.05) is 12.1 Å². The average Bonchev–Trinajstić information content (AvgIpc) is 3.02. The van der Waals surface area contributed by atoms with Crippen LogP contribution in [0, 0.1) is 6.92 Å². The van der Waals surface area contributed by atoms with Crippen LogP contribution in [0.3, 0.4) is 0 Å². The molecule has 0 radical (unpaired) electrons. The number of pyridine rings is 1. The first-order chi connectivity index (χ1) is 13.1. The van der Waals surface area contributed by atoms with Crippen LogP contribution < -0.4 is 9.64 Å². The van der Waals surface area contributed by atoms with Gasteiger partial charge in [-0.3, -0.25) is 9.20 Å². The number of hydrogen-bond acceptors (Lipinski definition) is 4. The molecule has 3 aromatic rings. The number of para-hydroxylation sites is 2. The van der Waals surface area contributed by atoms with Crippen molar-refractivity contribution in [2.45, 2.75) is 6.92 Å². The van der Waals surface area contributed by atoms with E-state index in [0.29, 0.717) is 18.8 Å². The van der Waals surface area contributed by atoms with Crippen molar-refractivity contribution >= 4 is 33.2 Å². The van der Waals surface area contributed by atoms with Crippen molar-refractivity contribution in [2.24, 2.45) is 0 Å². The van der Waals surface area contributed by atoms with Gasteiger partial charge in [0.05, 0.1) is 18.5 Å². The number of rotatable bonds is 3. The summed E-state index contributed by atoms with van der Waals surface area (Å²) in [6.07, 6.45) is 1.90. The van der Waals surface area contributed by atoms with E-state index in [2.05, 4.69) is 31.9 Å². The van der Waals surface area contributed by atoms with Gasteiger partial charge in [-0.15, -0.1) is 0 Å². The molecule has 3 heterocycles. The second kappa shape index (κ2) is 7.23. The maximum atomic E-state index is 13.2. The SMILES string of the molecule is COc1ccccc1N1CCN(C(=O)c2c(C)nc3ccc(Br)cn23)CC1. The summed E-state index contributed by atoms with van der Waals surface area (Å²) >= 11 is 3.48. The summed E-state index contributed by atoms with van der Waals surface area (Å²) < 4.78 is 8.26. The number of ether oxygens (including phenoxy) is 1. The number of anilines is 1. The monoisotopic (exact) mass is 428 g/mol. The number of methoxy groups -OCH3 is 1. The lowest BCUT2D eigenvalue weighted by molar-refractivity contribution is 0.0739. The number of hydrogen-bond donors (Lipinski definition) is 0. The first-order valence-corrected chi connectivity index (χ1v) is 9.69. The van der Waals surface area contributed by atoms with Gasteiger partial charge in [0, 0.05) is 36.8 Å². The van der Waals surface area contributed by atoms with Gasteiger partial charge in [0.15, 0.2) is 0 Å². The second-order valence-corrected chi connectivity index (χ2v) is 7.49. The molecule has 2 aromatic heterocycles. The lowest BCUT2D eigenvalue weighted by Gasteiger charge is -2.36. The maximum absolute atomic E-state index is 13.2. The minimum atomic E-state index is 0.0257. The van der Waals surface area contributed by atoms with Gasteiger partial charge in [0.1, 0.15) is 17.1 Å². The lowest BCUT2D eigenvalue weighted by Crippen LogP contribution is -2.49. The number of carbonyl (C=O) groups is 1. The van der Waals surface area contributed by atoms with Crippen LogP contribution in [0.15, 0.2) is 47.1 Å². The van der Waals surface area contributed by atoms with Crippen LogP contribution in [-0.4, -0.2) is 53.5 Å². The van der Waals surface area contributed by atoms with Crippen molar-refractivity contribution < 1.29 is 9.53 Å². The first kappa shape index (κ1) is 17.9. The highest BCUT2D eigenvalue weighted by molar-refractivity contribution is 9.10. The lowest BCUT2D eigenvalue weighted by atomic mass is 10.2. The fourth-order valence-corrected chi connectivity index (χ4v) is 3.92. The van der Waals surface area contributed by atoms with Crippen molar-refractivity contribution in [3.8, 4) is 5.75 Å². The average molecular weight is 429 g/mol. The zero-order chi connectivity index (χ0) is 19.0. The highest BCUT2D eigenvalue weighted by atomic mass is 79.9. The van der Waals surface area contributed by atoms with Crippen LogP contribution in [-0.2, 0) is 0 Å². The number of amides is 1. The number of carbonyl (C=O) groups excluding carboxylic acids is 1. The first-order valence-electron chi connectivity index (χ1n) is 8.90. The Morgan fingerprint density at radius 1 is 1.11 bits per heavy atom. The van der Waals surface area contributed by atoms with Gasteiger partial charge >= 0.3 is 0 Å². The van der Waals surface area contributed by atoms with Gasteiger partial charge in [0.2, 0.25) is 0 Å². The summed E-state index contributed by atoms with van der Waals surface area (Å²) in [4.78, 5) is 21.9. The minimum absolute atomic E-state index is 0.0257. The van der Waals surface area contributed by atoms with Crippen molar-refractivity contribution in [3.05, 3.63) is 58.5 Å². The molecule has 6 nitrogen and oxygen atoms in total. The third-order valence-electron chi connectivity index (χ3n) is 4.95. The number of benzene rings is 1. The molecule has 0 unspecified atom stereocenters. The normalized spacial score (nSPS) is 14.6. The molecule has 4 rings (SSSR count). The van der Waals surface area contributed by atoms with E-state index in [0.717, 1.165) is 40.3 Å². The minimum Gasteiger partial charge on any atom is -0.495 e. The van der Waals surface area contributed by atoms with Crippen molar-refractivity contribution in [3.63, 3.8) is 0 Å². The van der Waals surface area contributed by atoms with E-state index in [1.54, 1.807) is 7.11 Å². The van der Waals surface area contributed by atoms with E-state index in [9.17, 15) is 4.79 Å². The fraction of sp³-hybridized carbons (Fsp3) is 0.300. The number of fused-ring (bicyclic) bond motifs is 1. The van der Waals surface area contributed by atoms with E-state index in [4.69, 9.17) is 4.74 Å². The Morgan fingerprint density at radius 3 is 2.59 bits per heavy atom. The van der Waals surface area contributed by atoms with Crippen LogP contribution in [0.2, 0.25) is 0 Å². The molecule has 0 N–H and O–H groups in total. The van der Waals surface area contributed by atoms with E-state index in [1.807, 2.05) is 52.8 Å². The highest BCUT2D eigenvalue weighted by Crippen LogP contribution is 2.28. The quantitative estimate of drug-likeness (QED) is 0.641. The molecule has 1 amide bonds. The maximum Gasteiger partial charge on any atom is 0.272 e. The molecule has 0 saturated carbocycles. The summed E-state index contributed by atoms with van der Waals surface area (Å²) in [6, 6.07) is 11.8. The number of aryl methyl sites for hydroxylation is 1. The standard InChI is InChI=1S/C20H21BrN4O2/c1-14-19(25-13-15(21)7-8-18(25)22-14)20(26)24-11-9-23(10-12-24)16-5-3-4-6-17(16)27-2/h3-8,13H,9-12H2,1-2H3. The zero-order valence-electron chi connectivity index (χ0n) is 15.4. The van der Waals surface area contributed by atoms with Gasteiger partial charge in [-0.05, 0) is 47.1 Å². The number of imidazole rings is 1. The molecule has 0 bridgehead atoms. The Kier molecular flexibility index (Phi) is 4.78. The molecule has 1 aromatic carbocycles. The molecule has 1 saturated heterocycles. The Balaban J connectivity index is 1.54. The van der Waals surface area contributed by atoms with Gasteiger partial charge < -0.3 is 14.5 Å². The Hall–Kier alpha value is -2.54.